The molecule has 0 aliphatic rings. The van der Waals surface area contributed by atoms with Gasteiger partial charge in [0, 0.05) is 16.7 Å². The van der Waals surface area contributed by atoms with Gasteiger partial charge in [-0.15, -0.1) is 11.3 Å². The number of nitrogens with one attached hydrogen (secondary N) is 1. The molecule has 2 heterocycles. The van der Waals surface area contributed by atoms with E-state index in [2.05, 4.69) is 5.32 Å². The van der Waals surface area contributed by atoms with Gasteiger partial charge < -0.3 is 9.73 Å². The fraction of sp³-hybridized carbons (Fsp3) is 0. The van der Waals surface area contributed by atoms with Crippen LogP contribution in [0.5, 0.6) is 0 Å². The number of nitriles is 1. The van der Waals surface area contributed by atoms with E-state index in [1.165, 1.54) is 4.57 Å². The van der Waals surface area contributed by atoms with Gasteiger partial charge in [-0.1, -0.05) is 53.5 Å². The van der Waals surface area contributed by atoms with Crippen LogP contribution in [0.1, 0.15) is 5.76 Å². The lowest BCUT2D eigenvalue weighted by Crippen LogP contribution is -2.32. The minimum atomic E-state index is -0.680. The Morgan fingerprint density at radius 1 is 0.947 bits per heavy atom. The van der Waals surface area contributed by atoms with Crippen LogP contribution >= 0.6 is 34.5 Å². The van der Waals surface area contributed by atoms with E-state index >= 15 is 0 Å². The molecule has 38 heavy (non-hydrogen) atoms. The average Bonchev–Trinajstić information content (AvgIpc) is 3.51. The van der Waals surface area contributed by atoms with Crippen molar-refractivity contribution in [3.63, 3.8) is 0 Å². The van der Waals surface area contributed by atoms with Gasteiger partial charge in [0.25, 0.3) is 11.5 Å². The van der Waals surface area contributed by atoms with Gasteiger partial charge in [-0.25, -0.2) is 0 Å². The highest BCUT2D eigenvalue weighted by atomic mass is 35.5. The first kappa shape index (κ1) is 25.3. The van der Waals surface area contributed by atoms with Crippen LogP contribution in [-0.2, 0) is 4.79 Å². The minimum Gasteiger partial charge on any atom is -0.457 e. The molecular weight excluding hydrogens is 541 g/mol. The third kappa shape index (κ3) is 5.20. The van der Waals surface area contributed by atoms with Gasteiger partial charge in [0.15, 0.2) is 5.57 Å². The molecule has 1 amide bonds. The number of furan rings is 1. The Labute approximate surface area is 230 Å². The van der Waals surface area contributed by atoms with Crippen molar-refractivity contribution in [2.75, 3.05) is 5.32 Å². The second kappa shape index (κ2) is 11.0. The lowest BCUT2D eigenvalue weighted by molar-refractivity contribution is -0.111. The van der Waals surface area contributed by atoms with Gasteiger partial charge in [0.2, 0.25) is 0 Å². The van der Waals surface area contributed by atoms with E-state index in [4.69, 9.17) is 27.6 Å². The summed E-state index contributed by atoms with van der Waals surface area (Å²) in [5.74, 6) is 0.372. The highest BCUT2D eigenvalue weighted by molar-refractivity contribution is 7.07. The van der Waals surface area contributed by atoms with Crippen molar-refractivity contribution >= 4 is 57.8 Å². The average molecular weight is 558 g/mol. The molecule has 0 saturated heterocycles. The molecule has 0 atom stereocenters. The number of halogens is 2. The topological polar surface area (TPSA) is 88.0 Å². The van der Waals surface area contributed by atoms with Crippen molar-refractivity contribution in [1.82, 2.24) is 4.57 Å². The smallest absolute Gasteiger partial charge is 0.273 e. The molecule has 6 nitrogen and oxygen atoms in total. The molecule has 2 aromatic heterocycles. The van der Waals surface area contributed by atoms with Gasteiger partial charge >= 0.3 is 0 Å². The lowest BCUT2D eigenvalue weighted by atomic mass is 10.2. The third-order valence-electron chi connectivity index (χ3n) is 5.54. The standard InChI is InChI=1S/C29H17Cl2N3O3S/c30-19-12-10-18(11-13-19)25-15-14-21(37-25)16-26-28(36)34(20-6-2-1-3-7-20)29(38-26)22(17-32)27(35)33-24-9-5-4-8-23(24)31/h1-16H,(H,33,35)/b26-16+,29-22-. The highest BCUT2D eigenvalue weighted by Gasteiger charge is 2.18. The zero-order valence-electron chi connectivity index (χ0n) is 19.5. The van der Waals surface area contributed by atoms with Gasteiger partial charge in [-0.05, 0) is 60.7 Å². The minimum absolute atomic E-state index is 0.184. The first-order chi connectivity index (χ1) is 18.4. The molecule has 0 unspecified atom stereocenters. The van der Waals surface area contributed by atoms with Crippen LogP contribution in [0, 0.1) is 11.3 Å². The van der Waals surface area contributed by atoms with E-state index in [0.29, 0.717) is 37.5 Å². The molecular formula is C29H17Cl2N3O3S. The van der Waals surface area contributed by atoms with E-state index in [1.54, 1.807) is 78.9 Å². The molecule has 0 aliphatic carbocycles. The number of para-hydroxylation sites is 2. The van der Waals surface area contributed by atoms with Crippen molar-refractivity contribution < 1.29 is 9.21 Å². The highest BCUT2D eigenvalue weighted by Crippen LogP contribution is 2.24. The van der Waals surface area contributed by atoms with Crippen LogP contribution < -0.4 is 20.1 Å². The lowest BCUT2D eigenvalue weighted by Gasteiger charge is -2.07. The Morgan fingerprint density at radius 2 is 1.66 bits per heavy atom. The largest absolute Gasteiger partial charge is 0.457 e. The van der Waals surface area contributed by atoms with Crippen LogP contribution in [0.4, 0.5) is 5.69 Å². The maximum Gasteiger partial charge on any atom is 0.273 e. The summed E-state index contributed by atoms with van der Waals surface area (Å²) in [5, 5.41) is 13.6. The molecule has 1 N–H and O–H groups in total. The molecule has 3 aromatic carbocycles. The van der Waals surface area contributed by atoms with Crippen LogP contribution in [0.3, 0.4) is 0 Å². The summed E-state index contributed by atoms with van der Waals surface area (Å²) in [4.78, 5) is 26.7. The molecule has 0 bridgehead atoms. The Bertz CT molecular complexity index is 1870. The summed E-state index contributed by atoms with van der Waals surface area (Å²) < 4.78 is 7.77. The summed E-state index contributed by atoms with van der Waals surface area (Å²) in [6.45, 7) is 0. The van der Waals surface area contributed by atoms with Crippen molar-refractivity contribution in [2.24, 2.45) is 0 Å². The zero-order chi connectivity index (χ0) is 26.6. The fourth-order valence-electron chi connectivity index (χ4n) is 3.73. The summed E-state index contributed by atoms with van der Waals surface area (Å²) in [6, 6.07) is 28.2. The number of carbonyl (C=O) groups excluding carboxylic acids is 1. The molecule has 5 rings (SSSR count). The van der Waals surface area contributed by atoms with Gasteiger partial charge in [0.1, 0.15) is 22.3 Å². The first-order valence-electron chi connectivity index (χ1n) is 11.3. The molecule has 0 radical (unpaired) electrons. The summed E-state index contributed by atoms with van der Waals surface area (Å²) >= 11 is 13.2. The predicted octanol–water partition coefficient (Wildman–Crippen LogP) is 5.61. The van der Waals surface area contributed by atoms with Gasteiger partial charge in [-0.3, -0.25) is 14.2 Å². The van der Waals surface area contributed by atoms with Crippen LogP contribution in [-0.4, -0.2) is 10.5 Å². The second-order valence-corrected chi connectivity index (χ2v) is 9.90. The molecule has 186 valence electrons. The van der Waals surface area contributed by atoms with Crippen LogP contribution in [0.25, 0.3) is 28.7 Å². The number of thiazole rings is 1. The van der Waals surface area contributed by atoms with E-state index < -0.39 is 5.91 Å². The van der Waals surface area contributed by atoms with E-state index in [0.717, 1.165) is 16.9 Å². The zero-order valence-corrected chi connectivity index (χ0v) is 21.8. The van der Waals surface area contributed by atoms with Crippen molar-refractivity contribution in [3.8, 4) is 23.1 Å². The first-order valence-corrected chi connectivity index (χ1v) is 12.9. The molecule has 0 spiro atoms. The molecule has 0 aliphatic heterocycles. The number of nitrogens with zero attached hydrogens (tertiary/aromatic N) is 2. The number of anilines is 1. The van der Waals surface area contributed by atoms with E-state index in [-0.39, 0.29) is 15.8 Å². The predicted molar refractivity (Wildman–Crippen MR) is 151 cm³/mol. The van der Waals surface area contributed by atoms with Crippen molar-refractivity contribution in [3.05, 3.63) is 126 Å². The number of hydrogen-bond acceptors (Lipinski definition) is 5. The molecule has 0 fully saturated rings. The summed E-state index contributed by atoms with van der Waals surface area (Å²) in [6.07, 6.45) is 1.59. The van der Waals surface area contributed by atoms with Crippen molar-refractivity contribution in [2.45, 2.75) is 0 Å². The number of aromatic nitrogens is 1. The quantitative estimate of drug-likeness (QED) is 0.304. The SMILES string of the molecule is N#C/C(C(=O)Nc1ccccc1Cl)=c1/s/c(=C/c2ccc(-c3ccc(Cl)cc3)o2)c(=O)n1-c1ccccc1. The number of carbonyl (C=O) groups is 1. The fourth-order valence-corrected chi connectivity index (χ4v) is 5.12. The Hall–Kier alpha value is -4.35. The van der Waals surface area contributed by atoms with Gasteiger partial charge in [-0.2, -0.15) is 5.26 Å². The molecule has 0 saturated carbocycles. The van der Waals surface area contributed by atoms with E-state index in [9.17, 15) is 14.9 Å². The van der Waals surface area contributed by atoms with Crippen LogP contribution in [0.2, 0.25) is 10.0 Å². The monoisotopic (exact) mass is 557 g/mol. The van der Waals surface area contributed by atoms with Crippen LogP contribution in [0.15, 0.2) is 100 Å². The molecule has 9 heteroatoms. The van der Waals surface area contributed by atoms with Gasteiger partial charge in [0.05, 0.1) is 20.9 Å². The number of benzene rings is 3. The number of rotatable bonds is 5. The summed E-state index contributed by atoms with van der Waals surface area (Å²) in [7, 11) is 0. The molecule has 5 aromatic rings. The number of amides is 1. The number of hydrogen-bond donors (Lipinski definition) is 1. The summed E-state index contributed by atoms with van der Waals surface area (Å²) in [5.41, 5.74) is 1.09. The maximum atomic E-state index is 13.6. The second-order valence-electron chi connectivity index (χ2n) is 8.02. The Kier molecular flexibility index (Phi) is 7.29. The van der Waals surface area contributed by atoms with Crippen molar-refractivity contribution in [1.29, 1.82) is 5.26 Å². The van der Waals surface area contributed by atoms with E-state index in [1.807, 2.05) is 24.3 Å². The Balaban J connectivity index is 1.66. The Morgan fingerprint density at radius 3 is 2.37 bits per heavy atom. The normalized spacial score (nSPS) is 12.2. The third-order valence-corrected chi connectivity index (χ3v) is 7.22. The maximum absolute atomic E-state index is 13.6.